The Kier molecular flexibility index (Phi) is 2.98. The summed E-state index contributed by atoms with van der Waals surface area (Å²) < 4.78 is 0. The molecule has 0 bridgehead atoms. The van der Waals surface area contributed by atoms with E-state index in [1.165, 1.54) is 0 Å². The van der Waals surface area contributed by atoms with E-state index in [9.17, 15) is 19.8 Å². The van der Waals surface area contributed by atoms with Gasteiger partial charge in [0, 0.05) is 18.8 Å². The van der Waals surface area contributed by atoms with E-state index in [0.29, 0.717) is 18.4 Å². The van der Waals surface area contributed by atoms with Gasteiger partial charge < -0.3 is 10.2 Å². The van der Waals surface area contributed by atoms with E-state index in [0.717, 1.165) is 0 Å². The highest BCUT2D eigenvalue weighted by Gasteiger charge is 2.48. The summed E-state index contributed by atoms with van der Waals surface area (Å²) in [7, 11) is 0. The minimum absolute atomic E-state index is 0.0191. The number of carbonyl (C=O) groups excluding carboxylic acids is 1. The Morgan fingerprint density at radius 2 is 1.94 bits per heavy atom. The summed E-state index contributed by atoms with van der Waals surface area (Å²) in [6.07, 6.45) is 0.918. The third kappa shape index (κ3) is 1.96. The van der Waals surface area contributed by atoms with E-state index in [-0.39, 0.29) is 12.2 Å². The molecule has 2 N–H and O–H groups in total. The Bertz CT molecular complexity index is 440. The quantitative estimate of drug-likeness (QED) is 0.827. The molecule has 1 fully saturated rings. The third-order valence-corrected chi connectivity index (χ3v) is 3.38. The summed E-state index contributed by atoms with van der Waals surface area (Å²) in [5, 5.41) is 19.7. The predicted octanol–water partition coefficient (Wildman–Crippen LogP) is 1.33. The van der Waals surface area contributed by atoms with Crippen molar-refractivity contribution < 1.29 is 19.8 Å². The van der Waals surface area contributed by atoms with E-state index in [2.05, 4.69) is 0 Å². The van der Waals surface area contributed by atoms with Gasteiger partial charge in [-0.05, 0) is 12.0 Å². The second-order valence-electron chi connectivity index (χ2n) is 4.42. The molecule has 1 aliphatic rings. The van der Waals surface area contributed by atoms with Gasteiger partial charge in [-0.15, -0.1) is 0 Å². The van der Waals surface area contributed by atoms with Crippen molar-refractivity contribution in [2.75, 3.05) is 0 Å². The Hall–Kier alpha value is -1.68. The van der Waals surface area contributed by atoms with Gasteiger partial charge in [-0.1, -0.05) is 30.3 Å². The number of benzene rings is 1. The van der Waals surface area contributed by atoms with Crippen LogP contribution in [-0.4, -0.2) is 22.0 Å². The second-order valence-corrected chi connectivity index (χ2v) is 4.42. The van der Waals surface area contributed by atoms with Crippen LogP contribution in [0.4, 0.5) is 0 Å². The lowest BCUT2D eigenvalue weighted by Crippen LogP contribution is -2.42. The minimum Gasteiger partial charge on any atom is -0.479 e. The first kappa shape index (κ1) is 11.8. The maximum absolute atomic E-state index is 11.4. The largest absolute Gasteiger partial charge is 0.479 e. The number of Topliss-reactive ketones (excluding diaryl/α,β-unsaturated/α-hetero) is 1. The lowest BCUT2D eigenvalue weighted by atomic mass is 9.80. The molecule has 1 saturated carbocycles. The normalized spacial score (nSPS) is 23.4. The summed E-state index contributed by atoms with van der Waals surface area (Å²) >= 11 is 0. The van der Waals surface area contributed by atoms with Crippen LogP contribution in [0.25, 0.3) is 0 Å². The molecular formula is C13H14O4. The predicted molar refractivity (Wildman–Crippen MR) is 60.3 cm³/mol. The monoisotopic (exact) mass is 234 g/mol. The molecule has 0 spiro atoms. The number of carbonyl (C=O) groups is 2. The molecule has 4 nitrogen and oxygen atoms in total. The van der Waals surface area contributed by atoms with Crippen molar-refractivity contribution in [3.05, 3.63) is 35.9 Å². The number of ketones is 1. The molecule has 17 heavy (non-hydrogen) atoms. The van der Waals surface area contributed by atoms with Crippen LogP contribution >= 0.6 is 0 Å². The molecule has 0 saturated heterocycles. The molecule has 1 aromatic carbocycles. The number of carboxylic acids is 1. The van der Waals surface area contributed by atoms with Crippen molar-refractivity contribution in [1.82, 2.24) is 0 Å². The minimum atomic E-state index is -1.95. The smallest absolute Gasteiger partial charge is 0.340 e. The van der Waals surface area contributed by atoms with Crippen LogP contribution < -0.4 is 0 Å². The zero-order chi connectivity index (χ0) is 12.5. The number of hydrogen-bond acceptors (Lipinski definition) is 3. The number of aliphatic carboxylic acids is 1. The molecule has 2 rings (SSSR count). The molecule has 0 heterocycles. The van der Waals surface area contributed by atoms with Gasteiger partial charge in [-0.2, -0.15) is 0 Å². The van der Waals surface area contributed by atoms with Crippen molar-refractivity contribution in [3.63, 3.8) is 0 Å². The molecule has 1 aromatic rings. The van der Waals surface area contributed by atoms with Crippen LogP contribution in [0.2, 0.25) is 0 Å². The molecule has 0 aliphatic heterocycles. The van der Waals surface area contributed by atoms with Gasteiger partial charge in [0.15, 0.2) is 5.60 Å². The molecule has 90 valence electrons. The van der Waals surface area contributed by atoms with Crippen LogP contribution in [0.15, 0.2) is 30.3 Å². The molecule has 0 amide bonds. The van der Waals surface area contributed by atoms with Crippen LogP contribution in [0.1, 0.15) is 24.8 Å². The molecule has 2 atom stereocenters. The zero-order valence-corrected chi connectivity index (χ0v) is 9.30. The van der Waals surface area contributed by atoms with Crippen LogP contribution in [0.5, 0.6) is 0 Å². The van der Waals surface area contributed by atoms with E-state index in [4.69, 9.17) is 0 Å². The Morgan fingerprint density at radius 3 is 2.41 bits per heavy atom. The number of hydrogen-bond donors (Lipinski definition) is 2. The van der Waals surface area contributed by atoms with Crippen molar-refractivity contribution >= 4 is 11.8 Å². The fourth-order valence-corrected chi connectivity index (χ4v) is 2.40. The molecule has 0 aromatic heterocycles. The topological polar surface area (TPSA) is 74.6 Å². The molecule has 0 radical (unpaired) electrons. The highest BCUT2D eigenvalue weighted by molar-refractivity contribution is 5.85. The van der Waals surface area contributed by atoms with Gasteiger partial charge in [-0.25, -0.2) is 4.79 Å². The summed E-state index contributed by atoms with van der Waals surface area (Å²) in [6, 6.07) is 8.28. The molecule has 2 unspecified atom stereocenters. The fraction of sp³-hybridized carbons (Fsp3) is 0.385. The first-order valence-electron chi connectivity index (χ1n) is 5.58. The summed E-state index contributed by atoms with van der Waals surface area (Å²) in [6.45, 7) is 0. The highest BCUT2D eigenvalue weighted by atomic mass is 16.4. The standard InChI is InChI=1S/C13H14O4/c14-11-7-6-10(8-11)13(17,12(15)16)9-4-2-1-3-5-9/h1-5,10,17H,6-8H2,(H,15,16). The van der Waals surface area contributed by atoms with Gasteiger partial charge in [0.25, 0.3) is 0 Å². The summed E-state index contributed by atoms with van der Waals surface area (Å²) in [4.78, 5) is 22.6. The van der Waals surface area contributed by atoms with Crippen molar-refractivity contribution in [1.29, 1.82) is 0 Å². The summed E-state index contributed by atoms with van der Waals surface area (Å²) in [5.74, 6) is -1.80. The maximum Gasteiger partial charge on any atom is 0.340 e. The van der Waals surface area contributed by atoms with Crippen LogP contribution in [0.3, 0.4) is 0 Å². The van der Waals surface area contributed by atoms with Crippen molar-refractivity contribution in [2.45, 2.75) is 24.9 Å². The number of aliphatic hydroxyl groups is 1. The first-order chi connectivity index (χ1) is 8.05. The Balaban J connectivity index is 2.40. The summed E-state index contributed by atoms with van der Waals surface area (Å²) in [5.41, 5.74) is -1.61. The van der Waals surface area contributed by atoms with E-state index < -0.39 is 17.5 Å². The second kappa shape index (κ2) is 4.30. The third-order valence-electron chi connectivity index (χ3n) is 3.38. The van der Waals surface area contributed by atoms with Gasteiger partial charge in [0.1, 0.15) is 5.78 Å². The SMILES string of the molecule is O=C1CCC(C(O)(C(=O)O)c2ccccc2)C1. The lowest BCUT2D eigenvalue weighted by Gasteiger charge is -2.29. The fourth-order valence-electron chi connectivity index (χ4n) is 2.40. The van der Waals surface area contributed by atoms with E-state index in [1.807, 2.05) is 0 Å². The van der Waals surface area contributed by atoms with Gasteiger partial charge in [0.05, 0.1) is 0 Å². The van der Waals surface area contributed by atoms with Crippen molar-refractivity contribution in [3.8, 4) is 0 Å². The number of carboxylic acid groups (broad SMARTS) is 1. The Morgan fingerprint density at radius 1 is 1.29 bits per heavy atom. The lowest BCUT2D eigenvalue weighted by molar-refractivity contribution is -0.166. The zero-order valence-electron chi connectivity index (χ0n) is 9.30. The van der Waals surface area contributed by atoms with Crippen LogP contribution in [-0.2, 0) is 15.2 Å². The number of rotatable bonds is 3. The Labute approximate surface area is 98.9 Å². The van der Waals surface area contributed by atoms with E-state index >= 15 is 0 Å². The van der Waals surface area contributed by atoms with Crippen LogP contribution in [0, 0.1) is 5.92 Å². The average molecular weight is 234 g/mol. The van der Waals surface area contributed by atoms with Gasteiger partial charge in [0.2, 0.25) is 0 Å². The van der Waals surface area contributed by atoms with E-state index in [1.54, 1.807) is 30.3 Å². The molecule has 4 heteroatoms. The average Bonchev–Trinajstić information content (AvgIpc) is 2.76. The van der Waals surface area contributed by atoms with Gasteiger partial charge in [-0.3, -0.25) is 4.79 Å². The maximum atomic E-state index is 11.4. The van der Waals surface area contributed by atoms with Crippen molar-refractivity contribution in [2.24, 2.45) is 5.92 Å². The molecule has 1 aliphatic carbocycles. The van der Waals surface area contributed by atoms with Gasteiger partial charge >= 0.3 is 5.97 Å². The highest BCUT2D eigenvalue weighted by Crippen LogP contribution is 2.39. The molecular weight excluding hydrogens is 220 g/mol. The first-order valence-corrected chi connectivity index (χ1v) is 5.58.